The lowest BCUT2D eigenvalue weighted by Crippen LogP contribution is -2.63. The molecule has 0 aliphatic carbocycles. The quantitative estimate of drug-likeness (QED) is 0.155. The smallest absolute Gasteiger partial charge is 0.256 e. The van der Waals surface area contributed by atoms with Crippen molar-refractivity contribution in [1.29, 1.82) is 0 Å². The van der Waals surface area contributed by atoms with E-state index in [-0.39, 0.29) is 35.1 Å². The molecule has 4 aliphatic heterocycles. The molecular weight excluding hydrogens is 954 g/mol. The first kappa shape index (κ1) is 49.5. The number of nitrogens with zero attached hydrogens (tertiary/aromatic N) is 2. The van der Waals surface area contributed by atoms with Gasteiger partial charge in [0.15, 0.2) is 0 Å². The Morgan fingerprint density at radius 3 is 0.987 bits per heavy atom. The third kappa shape index (κ3) is 8.43. The summed E-state index contributed by atoms with van der Waals surface area (Å²) in [5, 5.41) is 0. The molecular formula is C70H66B2N2O4. The maximum atomic E-state index is 7.04. The van der Waals surface area contributed by atoms with E-state index in [0.29, 0.717) is 11.5 Å². The molecule has 8 heteroatoms. The average Bonchev–Trinajstić information content (AvgIpc) is 3.12. The third-order valence-corrected chi connectivity index (χ3v) is 16.3. The number of para-hydroxylation sites is 2. The van der Waals surface area contributed by atoms with Crippen LogP contribution < -0.4 is 61.5 Å². The molecule has 386 valence electrons. The standard InChI is InChI=1S/C70H66B2N2O4/c1-67(2,3)43-21-29-47(30-22-43)73-57-42-58-56(41-55(57)71-53-17-13-15-19-61(53)77-63-39-51(37-59(73)65(63)71)75-49-33-25-45(26-34-49)69(7,8)9)72-54-18-14-16-20-62(54)78-64-40-52(76-50-35-27-46(28-36-50)70(10,11)12)38-60(66(64)72)74(58)48-31-23-44(24-32-48)68(4,5)6/h13-42H,1-12H3. The Balaban J connectivity index is 1.07. The molecule has 0 fully saturated rings. The van der Waals surface area contributed by atoms with Gasteiger partial charge in [-0.05, 0) is 143 Å². The molecule has 9 aromatic rings. The van der Waals surface area contributed by atoms with Crippen molar-refractivity contribution in [1.82, 2.24) is 0 Å². The van der Waals surface area contributed by atoms with E-state index in [1.807, 2.05) is 0 Å². The van der Waals surface area contributed by atoms with Crippen LogP contribution in [-0.2, 0) is 21.7 Å². The summed E-state index contributed by atoms with van der Waals surface area (Å²) in [6, 6.07) is 65.9. The third-order valence-electron chi connectivity index (χ3n) is 16.3. The van der Waals surface area contributed by atoms with Gasteiger partial charge in [-0.3, -0.25) is 0 Å². The second-order valence-electron chi connectivity index (χ2n) is 25.8. The Hall–Kier alpha value is -8.09. The van der Waals surface area contributed by atoms with Gasteiger partial charge in [0.1, 0.15) is 46.0 Å². The lowest BCUT2D eigenvalue weighted by atomic mass is 9.31. The van der Waals surface area contributed by atoms with E-state index in [0.717, 1.165) is 90.5 Å². The minimum Gasteiger partial charge on any atom is -0.458 e. The number of anilines is 6. The van der Waals surface area contributed by atoms with Gasteiger partial charge in [-0.25, -0.2) is 0 Å². The molecule has 0 saturated carbocycles. The fourth-order valence-corrected chi connectivity index (χ4v) is 12.0. The summed E-state index contributed by atoms with van der Waals surface area (Å²) >= 11 is 0. The highest BCUT2D eigenvalue weighted by atomic mass is 16.5. The number of benzene rings is 9. The molecule has 0 amide bonds. The summed E-state index contributed by atoms with van der Waals surface area (Å²) in [6.07, 6.45) is 0. The van der Waals surface area contributed by atoms with Crippen LogP contribution in [0.15, 0.2) is 182 Å². The van der Waals surface area contributed by atoms with Crippen LogP contribution in [0.1, 0.15) is 105 Å². The minimum atomic E-state index is -0.165. The van der Waals surface area contributed by atoms with Gasteiger partial charge in [0.05, 0.1) is 0 Å². The number of fused-ring (bicyclic) bond motifs is 8. The summed E-state index contributed by atoms with van der Waals surface area (Å²) in [5.41, 5.74) is 18.1. The monoisotopic (exact) mass is 1020 g/mol. The number of hydrogen-bond donors (Lipinski definition) is 0. The van der Waals surface area contributed by atoms with Crippen molar-refractivity contribution in [2.45, 2.75) is 105 Å². The highest BCUT2D eigenvalue weighted by Crippen LogP contribution is 2.49. The van der Waals surface area contributed by atoms with Crippen LogP contribution in [0, 0.1) is 0 Å². The van der Waals surface area contributed by atoms with Gasteiger partial charge >= 0.3 is 0 Å². The molecule has 13 rings (SSSR count). The number of rotatable bonds is 6. The molecule has 4 aliphatic rings. The van der Waals surface area contributed by atoms with Crippen LogP contribution in [0.3, 0.4) is 0 Å². The van der Waals surface area contributed by atoms with Crippen molar-refractivity contribution in [2.75, 3.05) is 9.80 Å². The van der Waals surface area contributed by atoms with Crippen molar-refractivity contribution < 1.29 is 18.9 Å². The van der Waals surface area contributed by atoms with Crippen LogP contribution in [0.4, 0.5) is 34.1 Å². The molecule has 0 N–H and O–H groups in total. The highest BCUT2D eigenvalue weighted by Gasteiger charge is 2.47. The van der Waals surface area contributed by atoms with Crippen LogP contribution in [0.2, 0.25) is 0 Å². The van der Waals surface area contributed by atoms with E-state index in [1.165, 1.54) is 33.2 Å². The summed E-state index contributed by atoms with van der Waals surface area (Å²) in [6.45, 7) is 26.7. The van der Waals surface area contributed by atoms with E-state index in [9.17, 15) is 0 Å². The van der Waals surface area contributed by atoms with E-state index in [2.05, 4.69) is 275 Å². The number of hydrogen-bond acceptors (Lipinski definition) is 6. The normalized spacial score (nSPS) is 14.0. The van der Waals surface area contributed by atoms with E-state index < -0.39 is 0 Å². The molecule has 0 aromatic heterocycles. The Bertz CT molecular complexity index is 3590. The molecule has 9 aromatic carbocycles. The van der Waals surface area contributed by atoms with Gasteiger partial charge < -0.3 is 28.7 Å². The van der Waals surface area contributed by atoms with E-state index in [4.69, 9.17) is 18.9 Å². The first-order valence-corrected chi connectivity index (χ1v) is 27.6. The molecule has 6 nitrogen and oxygen atoms in total. The van der Waals surface area contributed by atoms with Crippen LogP contribution >= 0.6 is 0 Å². The molecule has 0 unspecified atom stereocenters. The fourth-order valence-electron chi connectivity index (χ4n) is 12.0. The second-order valence-corrected chi connectivity index (χ2v) is 25.8. The van der Waals surface area contributed by atoms with Crippen LogP contribution in [0.25, 0.3) is 0 Å². The zero-order valence-electron chi connectivity index (χ0n) is 47.0. The fraction of sp³-hybridized carbons (Fsp3) is 0.229. The van der Waals surface area contributed by atoms with Gasteiger partial charge in [0, 0.05) is 58.4 Å². The maximum absolute atomic E-state index is 7.04. The summed E-state index contributed by atoms with van der Waals surface area (Å²) in [5.74, 6) is 6.16. The number of ether oxygens (including phenoxy) is 4. The Morgan fingerprint density at radius 1 is 0.308 bits per heavy atom. The first-order chi connectivity index (χ1) is 37.2. The highest BCUT2D eigenvalue weighted by molar-refractivity contribution is 7.02. The largest absolute Gasteiger partial charge is 0.458 e. The second kappa shape index (κ2) is 17.7. The zero-order chi connectivity index (χ0) is 54.2. The van der Waals surface area contributed by atoms with Crippen molar-refractivity contribution in [3.05, 3.63) is 204 Å². The van der Waals surface area contributed by atoms with Gasteiger partial charge in [0.25, 0.3) is 13.4 Å². The Kier molecular flexibility index (Phi) is 11.2. The summed E-state index contributed by atoms with van der Waals surface area (Å²) in [7, 11) is 0. The van der Waals surface area contributed by atoms with Crippen LogP contribution in [-0.4, -0.2) is 13.4 Å². The van der Waals surface area contributed by atoms with Crippen molar-refractivity contribution in [2.24, 2.45) is 0 Å². The predicted octanol–water partition coefficient (Wildman–Crippen LogP) is 15.3. The zero-order valence-corrected chi connectivity index (χ0v) is 47.0. The van der Waals surface area contributed by atoms with Gasteiger partial charge in [-0.2, -0.15) is 0 Å². The minimum absolute atomic E-state index is 0.0132. The first-order valence-electron chi connectivity index (χ1n) is 27.6. The molecule has 4 heterocycles. The lowest BCUT2D eigenvalue weighted by molar-refractivity contribution is 0.462. The topological polar surface area (TPSA) is 43.4 Å². The van der Waals surface area contributed by atoms with Crippen LogP contribution in [0.5, 0.6) is 46.0 Å². The molecule has 0 spiro atoms. The maximum Gasteiger partial charge on any atom is 0.256 e. The predicted molar refractivity (Wildman–Crippen MR) is 326 cm³/mol. The Labute approximate surface area is 461 Å². The van der Waals surface area contributed by atoms with E-state index in [1.54, 1.807) is 0 Å². The average molecular weight is 1020 g/mol. The molecule has 0 bridgehead atoms. The Morgan fingerprint density at radius 2 is 0.641 bits per heavy atom. The lowest BCUT2D eigenvalue weighted by Gasteiger charge is -2.44. The van der Waals surface area contributed by atoms with Crippen molar-refractivity contribution in [3.63, 3.8) is 0 Å². The molecule has 78 heavy (non-hydrogen) atoms. The summed E-state index contributed by atoms with van der Waals surface area (Å²) < 4.78 is 27.9. The van der Waals surface area contributed by atoms with E-state index >= 15 is 0 Å². The molecule has 0 atom stereocenters. The SMILES string of the molecule is CC(C)(C)c1ccc(Oc2cc3c4c(c2)N(c2ccc(C(C)(C)C)cc2)c2cc5c(cc2B4c2ccccc2O3)B2c3ccccc3Oc3cc(Oc4ccc(C(C)(C)C)cc4)cc(c32)N5c2ccc(C(C)(C)C)cc2)cc1. The van der Waals surface area contributed by atoms with Crippen molar-refractivity contribution in [3.8, 4) is 46.0 Å². The van der Waals surface area contributed by atoms with Crippen molar-refractivity contribution >= 4 is 80.3 Å². The van der Waals surface area contributed by atoms with Gasteiger partial charge in [-0.15, -0.1) is 0 Å². The van der Waals surface area contributed by atoms with Gasteiger partial charge in [0.2, 0.25) is 0 Å². The molecule has 0 saturated heterocycles. The molecule has 0 radical (unpaired) electrons. The summed E-state index contributed by atoms with van der Waals surface area (Å²) in [4.78, 5) is 4.90. The van der Waals surface area contributed by atoms with Gasteiger partial charge in [-0.1, -0.05) is 174 Å².